The summed E-state index contributed by atoms with van der Waals surface area (Å²) in [5, 5.41) is 2.62. The lowest BCUT2D eigenvalue weighted by molar-refractivity contribution is 0.0962. The van der Waals surface area contributed by atoms with Crippen LogP contribution in [0.25, 0.3) is 0 Å². The Balaban J connectivity index is 2.45. The average molecular weight is 287 g/mol. The molecule has 0 saturated heterocycles. The molecular weight excluding hydrogens is 269 g/mol. The smallest absolute Gasteiger partial charge is 0.251 e. The van der Waals surface area contributed by atoms with E-state index in [1.165, 1.54) is 12.1 Å². The first-order valence-corrected chi connectivity index (χ1v) is 6.69. The molecule has 0 unspecified atom stereocenters. The fourth-order valence-corrected chi connectivity index (χ4v) is 2.28. The van der Waals surface area contributed by atoms with E-state index < -0.39 is 0 Å². The fraction of sp³-hybridized carbons (Fsp3) is 0.235. The normalized spacial score (nSPS) is 10.3. The molecule has 0 aliphatic heterocycles. The summed E-state index contributed by atoms with van der Waals surface area (Å²) in [6, 6.07) is 10.0. The highest BCUT2D eigenvalue weighted by Gasteiger charge is 2.13. The molecule has 1 amide bonds. The molecule has 21 heavy (non-hydrogen) atoms. The molecule has 0 heterocycles. The molecule has 0 radical (unpaired) electrons. The van der Waals surface area contributed by atoms with Gasteiger partial charge in [-0.2, -0.15) is 0 Å². The van der Waals surface area contributed by atoms with Crippen LogP contribution in [0.2, 0.25) is 0 Å². The second-order valence-electron chi connectivity index (χ2n) is 4.84. The Labute approximate surface area is 123 Å². The second-order valence-corrected chi connectivity index (χ2v) is 4.84. The molecule has 2 aromatic carbocycles. The largest absolute Gasteiger partial charge is 0.497 e. The van der Waals surface area contributed by atoms with Crippen LogP contribution in [0, 0.1) is 12.7 Å². The highest BCUT2D eigenvalue weighted by atomic mass is 19.1. The summed E-state index contributed by atoms with van der Waals surface area (Å²) in [5.74, 6) is 0.192. The summed E-state index contributed by atoms with van der Waals surface area (Å²) >= 11 is 0. The van der Waals surface area contributed by atoms with E-state index in [2.05, 4.69) is 5.32 Å². The summed E-state index contributed by atoms with van der Waals surface area (Å²) < 4.78 is 18.5. The van der Waals surface area contributed by atoms with E-state index in [-0.39, 0.29) is 11.7 Å². The summed E-state index contributed by atoms with van der Waals surface area (Å²) in [5.41, 5.74) is 3.25. The molecule has 0 aromatic heterocycles. The SMILES string of the molecule is CNC(=O)c1cc(OC)cc(Cc2cccc(F)c2)c1C. The fourth-order valence-electron chi connectivity index (χ4n) is 2.28. The van der Waals surface area contributed by atoms with Crippen LogP contribution in [0.5, 0.6) is 5.75 Å². The van der Waals surface area contributed by atoms with Gasteiger partial charge in [-0.15, -0.1) is 0 Å². The lowest BCUT2D eigenvalue weighted by Gasteiger charge is -2.13. The van der Waals surface area contributed by atoms with E-state index in [1.807, 2.05) is 19.1 Å². The van der Waals surface area contributed by atoms with Crippen LogP contribution in [0.1, 0.15) is 27.0 Å². The maximum absolute atomic E-state index is 13.3. The van der Waals surface area contributed by atoms with Crippen molar-refractivity contribution in [3.05, 3.63) is 64.5 Å². The zero-order valence-corrected chi connectivity index (χ0v) is 12.4. The number of hydrogen-bond acceptors (Lipinski definition) is 2. The van der Waals surface area contributed by atoms with Crippen molar-refractivity contribution in [2.75, 3.05) is 14.2 Å². The molecule has 0 fully saturated rings. The van der Waals surface area contributed by atoms with Gasteiger partial charge < -0.3 is 10.1 Å². The third-order valence-electron chi connectivity index (χ3n) is 3.48. The van der Waals surface area contributed by atoms with Crippen LogP contribution >= 0.6 is 0 Å². The van der Waals surface area contributed by atoms with Crippen molar-refractivity contribution in [3.63, 3.8) is 0 Å². The van der Waals surface area contributed by atoms with Crippen LogP contribution in [-0.4, -0.2) is 20.1 Å². The first kappa shape index (κ1) is 15.0. The van der Waals surface area contributed by atoms with Gasteiger partial charge in [-0.25, -0.2) is 4.39 Å². The third-order valence-corrected chi connectivity index (χ3v) is 3.48. The number of amides is 1. The van der Waals surface area contributed by atoms with Crippen molar-refractivity contribution in [2.45, 2.75) is 13.3 Å². The minimum absolute atomic E-state index is 0.160. The monoisotopic (exact) mass is 287 g/mol. The van der Waals surface area contributed by atoms with Crippen molar-refractivity contribution in [2.24, 2.45) is 0 Å². The number of hydrogen-bond donors (Lipinski definition) is 1. The average Bonchev–Trinajstić information content (AvgIpc) is 2.48. The van der Waals surface area contributed by atoms with Crippen LogP contribution < -0.4 is 10.1 Å². The third kappa shape index (κ3) is 3.40. The molecule has 0 saturated carbocycles. The van der Waals surface area contributed by atoms with Gasteiger partial charge in [0.25, 0.3) is 5.91 Å². The molecule has 3 nitrogen and oxygen atoms in total. The molecule has 2 rings (SSSR count). The van der Waals surface area contributed by atoms with E-state index in [0.29, 0.717) is 17.7 Å². The molecule has 0 spiro atoms. The Kier molecular flexibility index (Phi) is 4.58. The number of rotatable bonds is 4. The van der Waals surface area contributed by atoms with E-state index in [9.17, 15) is 9.18 Å². The van der Waals surface area contributed by atoms with Crippen molar-refractivity contribution in [1.29, 1.82) is 0 Å². The summed E-state index contributed by atoms with van der Waals surface area (Å²) in [7, 11) is 3.15. The van der Waals surface area contributed by atoms with E-state index in [0.717, 1.165) is 16.7 Å². The van der Waals surface area contributed by atoms with E-state index in [4.69, 9.17) is 4.74 Å². The quantitative estimate of drug-likeness (QED) is 0.938. The van der Waals surface area contributed by atoms with E-state index >= 15 is 0 Å². The minimum Gasteiger partial charge on any atom is -0.497 e. The molecule has 0 aliphatic rings. The minimum atomic E-state index is -0.264. The Morgan fingerprint density at radius 3 is 2.67 bits per heavy atom. The zero-order valence-electron chi connectivity index (χ0n) is 12.4. The van der Waals surface area contributed by atoms with Gasteiger partial charge in [-0.05, 0) is 54.3 Å². The van der Waals surface area contributed by atoms with Gasteiger partial charge in [0.2, 0.25) is 0 Å². The summed E-state index contributed by atoms with van der Waals surface area (Å²) in [4.78, 5) is 11.9. The van der Waals surface area contributed by atoms with Gasteiger partial charge >= 0.3 is 0 Å². The molecule has 4 heteroatoms. The standard InChI is InChI=1S/C17H18FNO2/c1-11-13(7-12-5-4-6-14(18)8-12)9-15(21-3)10-16(11)17(20)19-2/h4-6,8-10H,7H2,1-3H3,(H,19,20). The Morgan fingerprint density at radius 1 is 1.29 bits per heavy atom. The van der Waals surface area contributed by atoms with Crippen molar-refractivity contribution >= 4 is 5.91 Å². The van der Waals surface area contributed by atoms with Gasteiger partial charge in [-0.3, -0.25) is 4.79 Å². The number of carbonyl (C=O) groups excluding carboxylic acids is 1. The van der Waals surface area contributed by atoms with Gasteiger partial charge in [-0.1, -0.05) is 12.1 Å². The highest BCUT2D eigenvalue weighted by Crippen LogP contribution is 2.24. The maximum atomic E-state index is 13.3. The number of ether oxygens (including phenoxy) is 1. The summed E-state index contributed by atoms with van der Waals surface area (Å²) in [6.45, 7) is 1.89. The van der Waals surface area contributed by atoms with Gasteiger partial charge in [0, 0.05) is 12.6 Å². The topological polar surface area (TPSA) is 38.3 Å². The molecule has 1 N–H and O–H groups in total. The highest BCUT2D eigenvalue weighted by molar-refractivity contribution is 5.96. The first-order valence-electron chi connectivity index (χ1n) is 6.69. The first-order chi connectivity index (χ1) is 10.0. The molecule has 2 aromatic rings. The number of benzene rings is 2. The van der Waals surface area contributed by atoms with Crippen LogP contribution in [0.3, 0.4) is 0 Å². The molecule has 0 aliphatic carbocycles. The molecule has 0 bridgehead atoms. The Bertz CT molecular complexity index is 668. The van der Waals surface area contributed by atoms with E-state index in [1.54, 1.807) is 26.3 Å². The van der Waals surface area contributed by atoms with Gasteiger partial charge in [0.05, 0.1) is 7.11 Å². The van der Waals surface area contributed by atoms with Gasteiger partial charge in [0.15, 0.2) is 0 Å². The predicted octanol–water partition coefficient (Wildman–Crippen LogP) is 3.09. The lowest BCUT2D eigenvalue weighted by Crippen LogP contribution is -2.19. The van der Waals surface area contributed by atoms with Crippen LogP contribution in [-0.2, 0) is 6.42 Å². The molecule has 110 valence electrons. The van der Waals surface area contributed by atoms with Crippen molar-refractivity contribution < 1.29 is 13.9 Å². The number of halogens is 1. The van der Waals surface area contributed by atoms with Crippen LogP contribution in [0.15, 0.2) is 36.4 Å². The molecular formula is C17H18FNO2. The predicted molar refractivity (Wildman–Crippen MR) is 80.3 cm³/mol. The second kappa shape index (κ2) is 6.39. The Hall–Kier alpha value is -2.36. The molecule has 0 atom stereocenters. The van der Waals surface area contributed by atoms with Crippen LogP contribution in [0.4, 0.5) is 4.39 Å². The van der Waals surface area contributed by atoms with Crippen molar-refractivity contribution in [1.82, 2.24) is 5.32 Å². The summed E-state index contributed by atoms with van der Waals surface area (Å²) in [6.07, 6.45) is 0.546. The number of carbonyl (C=O) groups is 1. The maximum Gasteiger partial charge on any atom is 0.251 e. The van der Waals surface area contributed by atoms with Gasteiger partial charge in [0.1, 0.15) is 11.6 Å². The Morgan fingerprint density at radius 2 is 2.05 bits per heavy atom. The van der Waals surface area contributed by atoms with Crippen molar-refractivity contribution in [3.8, 4) is 5.75 Å². The lowest BCUT2D eigenvalue weighted by atomic mass is 9.95. The number of nitrogens with one attached hydrogen (secondary N) is 1. The zero-order chi connectivity index (χ0) is 15.4. The number of methoxy groups -OCH3 is 1.